The second-order valence-corrected chi connectivity index (χ2v) is 16.8. The number of anilines is 1. The van der Waals surface area contributed by atoms with Crippen molar-refractivity contribution in [2.24, 2.45) is 10.8 Å². The Morgan fingerprint density at radius 1 is 0.923 bits per heavy atom. The number of rotatable bonds is 15. The Morgan fingerprint density at radius 3 is 2.04 bits per heavy atom. The van der Waals surface area contributed by atoms with E-state index in [-0.39, 0.29) is 59.2 Å². The first-order valence-corrected chi connectivity index (χ1v) is 18.8. The summed E-state index contributed by atoms with van der Waals surface area (Å²) in [5.41, 5.74) is 1.28. The van der Waals surface area contributed by atoms with Gasteiger partial charge in [-0.3, -0.25) is 9.59 Å². The number of carboxylic acid groups (broad SMARTS) is 1. The normalized spacial score (nSPS) is 15.1. The zero-order valence-corrected chi connectivity index (χ0v) is 32.1. The summed E-state index contributed by atoms with van der Waals surface area (Å²) >= 11 is 0. The van der Waals surface area contributed by atoms with Crippen LogP contribution in [0, 0.1) is 24.7 Å². The van der Waals surface area contributed by atoms with Gasteiger partial charge in [0.15, 0.2) is 5.41 Å². The number of aryl methyl sites for hydroxylation is 2. The summed E-state index contributed by atoms with van der Waals surface area (Å²) in [6.07, 6.45) is 0.262. The number of nitrogens with zero attached hydrogens (tertiary/aromatic N) is 2. The van der Waals surface area contributed by atoms with Crippen molar-refractivity contribution in [2.45, 2.75) is 111 Å². The molecule has 1 aliphatic rings. The number of carbonyl (C=O) groups is 3. The van der Waals surface area contributed by atoms with E-state index in [0.717, 1.165) is 22.8 Å². The van der Waals surface area contributed by atoms with Crippen LogP contribution in [0.3, 0.4) is 0 Å². The Labute approximate surface area is 305 Å². The standard InChI is InChI=1S/C38H50N4O9S/c1-22(2)50-34(45)38(35(46)51-23(3)4)19-27(20-38)39-28(18-37(7,8)9)21-49-31-17-30(32-24(5)12-10-13-25(32)6)40-36(41-31)42-52(47,48)29-15-11-14-26(16-29)33(43)44/h10-17,22-23,27-28,39H,18-21H2,1-9H3,(H,43,44)(H,40,41,42)/t28-/m1/s1. The third kappa shape index (κ3) is 10.1. The maximum absolute atomic E-state index is 13.4. The van der Waals surface area contributed by atoms with Crippen LogP contribution >= 0.6 is 0 Å². The molecule has 4 rings (SSSR count). The SMILES string of the molecule is Cc1cccc(C)c1-c1cc(OC[C@@H](CC(C)(C)C)NC2CC(C(=O)OC(C)C)(C(=O)OC(C)C)C2)nc(NS(=O)(=O)c2cccc(C(=O)O)c2)n1. The molecule has 1 fully saturated rings. The maximum atomic E-state index is 13.4. The molecule has 52 heavy (non-hydrogen) atoms. The van der Waals surface area contributed by atoms with E-state index >= 15 is 0 Å². The summed E-state index contributed by atoms with van der Waals surface area (Å²) in [6, 6.07) is 11.9. The van der Waals surface area contributed by atoms with Crippen molar-refractivity contribution in [1.82, 2.24) is 15.3 Å². The fourth-order valence-electron chi connectivity index (χ4n) is 6.26. The molecule has 1 aromatic heterocycles. The largest absolute Gasteiger partial charge is 0.478 e. The van der Waals surface area contributed by atoms with Crippen molar-refractivity contribution in [3.63, 3.8) is 0 Å². The number of hydrogen-bond acceptors (Lipinski definition) is 11. The molecule has 0 spiro atoms. The van der Waals surface area contributed by atoms with Gasteiger partial charge in [-0.1, -0.05) is 45.0 Å². The second-order valence-electron chi connectivity index (χ2n) is 15.2. The molecule has 0 saturated heterocycles. The van der Waals surface area contributed by atoms with Crippen LogP contribution in [-0.2, 0) is 29.1 Å². The average Bonchev–Trinajstić information content (AvgIpc) is 2.99. The number of benzene rings is 2. The fraction of sp³-hybridized carbons (Fsp3) is 0.500. The Hall–Kier alpha value is -4.56. The number of carboxylic acids is 1. The van der Waals surface area contributed by atoms with E-state index < -0.39 is 45.6 Å². The number of aromatic carboxylic acids is 1. The van der Waals surface area contributed by atoms with Gasteiger partial charge in [-0.15, -0.1) is 0 Å². The van der Waals surface area contributed by atoms with E-state index in [2.05, 4.69) is 40.8 Å². The molecule has 0 bridgehead atoms. The molecule has 3 N–H and O–H groups in total. The van der Waals surface area contributed by atoms with Crippen molar-refractivity contribution in [2.75, 3.05) is 11.3 Å². The van der Waals surface area contributed by atoms with Crippen LogP contribution < -0.4 is 14.8 Å². The lowest BCUT2D eigenvalue weighted by molar-refractivity contribution is -0.186. The number of aromatic nitrogens is 2. The predicted molar refractivity (Wildman–Crippen MR) is 196 cm³/mol. The van der Waals surface area contributed by atoms with Crippen molar-refractivity contribution in [3.05, 3.63) is 65.2 Å². The molecule has 14 heteroatoms. The second kappa shape index (κ2) is 16.0. The summed E-state index contributed by atoms with van der Waals surface area (Å²) in [5, 5.41) is 13.0. The van der Waals surface area contributed by atoms with Crippen LogP contribution in [0.5, 0.6) is 5.88 Å². The third-order valence-corrected chi connectivity index (χ3v) is 9.80. The molecule has 1 heterocycles. The number of hydrogen-bond donors (Lipinski definition) is 3. The molecule has 0 unspecified atom stereocenters. The number of esters is 2. The Bertz CT molecular complexity index is 1850. The number of carbonyl (C=O) groups excluding carboxylic acids is 2. The number of nitrogens with one attached hydrogen (secondary N) is 2. The van der Waals surface area contributed by atoms with E-state index in [0.29, 0.717) is 12.1 Å². The van der Waals surface area contributed by atoms with Gasteiger partial charge in [-0.2, -0.15) is 4.98 Å². The van der Waals surface area contributed by atoms with Gasteiger partial charge in [-0.05, 0) is 95.5 Å². The smallest absolute Gasteiger partial charge is 0.335 e. The molecule has 0 radical (unpaired) electrons. The van der Waals surface area contributed by atoms with Gasteiger partial charge < -0.3 is 24.6 Å². The third-order valence-electron chi connectivity index (χ3n) is 8.48. The Morgan fingerprint density at radius 2 is 1.50 bits per heavy atom. The molecule has 0 amide bonds. The first-order valence-electron chi connectivity index (χ1n) is 17.3. The number of ether oxygens (including phenoxy) is 3. The van der Waals surface area contributed by atoms with Crippen LogP contribution in [0.4, 0.5) is 5.95 Å². The summed E-state index contributed by atoms with van der Waals surface area (Å²) in [5.74, 6) is -2.61. The van der Waals surface area contributed by atoms with Gasteiger partial charge in [0.2, 0.25) is 11.8 Å². The van der Waals surface area contributed by atoms with E-state index in [9.17, 15) is 27.9 Å². The molecule has 1 atom stereocenters. The molecular weight excluding hydrogens is 689 g/mol. The zero-order valence-electron chi connectivity index (χ0n) is 31.3. The summed E-state index contributed by atoms with van der Waals surface area (Å²) in [6.45, 7) is 17.1. The predicted octanol–water partition coefficient (Wildman–Crippen LogP) is 6.08. The van der Waals surface area contributed by atoms with E-state index in [1.807, 2.05) is 32.0 Å². The molecule has 0 aliphatic heterocycles. The highest BCUT2D eigenvalue weighted by atomic mass is 32.2. The topological polar surface area (TPSA) is 183 Å². The summed E-state index contributed by atoms with van der Waals surface area (Å²) in [7, 11) is -4.29. The highest BCUT2D eigenvalue weighted by Crippen LogP contribution is 2.45. The molecule has 2 aromatic carbocycles. The van der Waals surface area contributed by atoms with Gasteiger partial charge >= 0.3 is 17.9 Å². The molecule has 1 saturated carbocycles. The van der Waals surface area contributed by atoms with Crippen molar-refractivity contribution < 1.29 is 42.1 Å². The van der Waals surface area contributed by atoms with Gasteiger partial charge in [0.05, 0.1) is 28.4 Å². The summed E-state index contributed by atoms with van der Waals surface area (Å²) < 4.78 is 46.5. The van der Waals surface area contributed by atoms with Crippen LogP contribution in [0.25, 0.3) is 11.3 Å². The molecule has 282 valence electrons. The van der Waals surface area contributed by atoms with Crippen LogP contribution in [0.15, 0.2) is 53.4 Å². The highest BCUT2D eigenvalue weighted by Gasteiger charge is 2.59. The molecule has 1 aliphatic carbocycles. The lowest BCUT2D eigenvalue weighted by Crippen LogP contribution is -2.61. The molecule has 3 aromatic rings. The van der Waals surface area contributed by atoms with Gasteiger partial charge in [0, 0.05) is 23.7 Å². The minimum Gasteiger partial charge on any atom is -0.478 e. The zero-order chi connectivity index (χ0) is 38.6. The quantitative estimate of drug-likeness (QED) is 0.121. The fourth-order valence-corrected chi connectivity index (χ4v) is 7.25. The lowest BCUT2D eigenvalue weighted by atomic mass is 9.65. The van der Waals surface area contributed by atoms with Gasteiger partial charge in [0.1, 0.15) is 6.61 Å². The average molecular weight is 739 g/mol. The minimum absolute atomic E-state index is 0.106. The van der Waals surface area contributed by atoms with Crippen molar-refractivity contribution in [3.8, 4) is 17.1 Å². The minimum atomic E-state index is -4.29. The first-order chi connectivity index (χ1) is 24.2. The Balaban J connectivity index is 1.63. The Kier molecular flexibility index (Phi) is 12.4. The van der Waals surface area contributed by atoms with Gasteiger partial charge in [-0.25, -0.2) is 22.9 Å². The van der Waals surface area contributed by atoms with Crippen molar-refractivity contribution in [1.29, 1.82) is 0 Å². The first kappa shape index (κ1) is 40.2. The lowest BCUT2D eigenvalue weighted by Gasteiger charge is -2.45. The van der Waals surface area contributed by atoms with Crippen LogP contribution in [0.1, 0.15) is 89.2 Å². The van der Waals surface area contributed by atoms with Crippen molar-refractivity contribution >= 4 is 33.9 Å². The van der Waals surface area contributed by atoms with Crippen LogP contribution in [-0.4, -0.2) is 72.3 Å². The molecular formula is C38H50N4O9S. The van der Waals surface area contributed by atoms with E-state index in [4.69, 9.17) is 14.2 Å². The van der Waals surface area contributed by atoms with E-state index in [1.165, 1.54) is 18.2 Å². The van der Waals surface area contributed by atoms with E-state index in [1.54, 1.807) is 33.8 Å². The summed E-state index contributed by atoms with van der Waals surface area (Å²) in [4.78, 5) is 46.5. The monoisotopic (exact) mass is 738 g/mol. The van der Waals surface area contributed by atoms with Gasteiger partial charge in [0.25, 0.3) is 10.0 Å². The highest BCUT2D eigenvalue weighted by molar-refractivity contribution is 7.92. The molecule has 13 nitrogen and oxygen atoms in total. The maximum Gasteiger partial charge on any atom is 0.335 e. The number of sulfonamides is 1. The van der Waals surface area contributed by atoms with Crippen LogP contribution in [0.2, 0.25) is 0 Å².